The van der Waals surface area contributed by atoms with Crippen molar-refractivity contribution in [3.05, 3.63) is 0 Å². The molecule has 0 aliphatic carbocycles. The van der Waals surface area contributed by atoms with Gasteiger partial charge in [0.15, 0.2) is 0 Å². The molecule has 1 rings (SSSR count). The molecule has 0 bridgehead atoms. The van der Waals surface area contributed by atoms with E-state index in [4.69, 9.17) is 9.84 Å². The van der Waals surface area contributed by atoms with Crippen LogP contribution in [0.25, 0.3) is 0 Å². The third-order valence-corrected chi connectivity index (χ3v) is 3.87. The van der Waals surface area contributed by atoms with Crippen molar-refractivity contribution in [2.24, 2.45) is 0 Å². The topological polar surface area (TPSA) is 78.9 Å². The van der Waals surface area contributed by atoms with Crippen molar-refractivity contribution in [1.29, 1.82) is 0 Å². The van der Waals surface area contributed by atoms with Crippen LogP contribution in [0.15, 0.2) is 0 Å². The van der Waals surface area contributed by atoms with Gasteiger partial charge in [-0.2, -0.15) is 0 Å². The largest absolute Gasteiger partial charge is 0.481 e. The van der Waals surface area contributed by atoms with Crippen molar-refractivity contribution in [3.8, 4) is 0 Å². The molecule has 1 unspecified atom stereocenters. The van der Waals surface area contributed by atoms with Crippen LogP contribution in [0, 0.1) is 0 Å². The highest BCUT2D eigenvalue weighted by Crippen LogP contribution is 2.17. The lowest BCUT2D eigenvalue weighted by Crippen LogP contribution is -2.57. The van der Waals surface area contributed by atoms with Crippen LogP contribution in [0.4, 0.5) is 4.79 Å². The van der Waals surface area contributed by atoms with Gasteiger partial charge in [-0.05, 0) is 19.8 Å². The first-order valence-corrected chi connectivity index (χ1v) is 6.80. The van der Waals surface area contributed by atoms with Crippen LogP contribution in [0.3, 0.4) is 0 Å². The first-order chi connectivity index (χ1) is 8.91. The maximum atomic E-state index is 12.3. The highest BCUT2D eigenvalue weighted by Gasteiger charge is 2.32. The van der Waals surface area contributed by atoms with Crippen molar-refractivity contribution in [3.63, 3.8) is 0 Å². The van der Waals surface area contributed by atoms with Crippen LogP contribution in [0.2, 0.25) is 0 Å². The van der Waals surface area contributed by atoms with E-state index in [1.807, 2.05) is 20.8 Å². The average Bonchev–Trinajstić information content (AvgIpc) is 2.38. The Hall–Kier alpha value is -1.30. The van der Waals surface area contributed by atoms with E-state index in [1.54, 1.807) is 4.90 Å². The summed E-state index contributed by atoms with van der Waals surface area (Å²) in [7, 11) is 0. The zero-order valence-corrected chi connectivity index (χ0v) is 11.9. The van der Waals surface area contributed by atoms with Crippen molar-refractivity contribution >= 4 is 12.0 Å². The molecule has 0 aromatic rings. The van der Waals surface area contributed by atoms with E-state index >= 15 is 0 Å². The van der Waals surface area contributed by atoms with Crippen LogP contribution in [-0.4, -0.2) is 53.3 Å². The summed E-state index contributed by atoms with van der Waals surface area (Å²) in [4.78, 5) is 24.7. The summed E-state index contributed by atoms with van der Waals surface area (Å²) in [6.45, 7) is 7.23. The lowest BCUT2D eigenvalue weighted by atomic mass is 9.96. The number of urea groups is 1. The minimum absolute atomic E-state index is 0.0810. The predicted molar refractivity (Wildman–Crippen MR) is 71.1 cm³/mol. The number of carboxylic acid groups (broad SMARTS) is 1. The standard InChI is InChI=1S/C13H24N2O4/c1-4-13(3,5-2)14-12(18)15-6-7-19-9-10(15)8-11(16)17/h10H,4-9H2,1-3H3,(H,14,18)(H,16,17). The number of hydrogen-bond acceptors (Lipinski definition) is 3. The maximum Gasteiger partial charge on any atom is 0.318 e. The van der Waals surface area contributed by atoms with Gasteiger partial charge in [-0.1, -0.05) is 13.8 Å². The van der Waals surface area contributed by atoms with Crippen LogP contribution in [-0.2, 0) is 9.53 Å². The van der Waals surface area contributed by atoms with E-state index in [1.165, 1.54) is 0 Å². The fourth-order valence-electron chi connectivity index (χ4n) is 2.05. The Morgan fingerprint density at radius 3 is 2.58 bits per heavy atom. The van der Waals surface area contributed by atoms with Gasteiger partial charge in [0.25, 0.3) is 0 Å². The van der Waals surface area contributed by atoms with Gasteiger partial charge in [0.2, 0.25) is 0 Å². The van der Waals surface area contributed by atoms with E-state index in [0.29, 0.717) is 13.2 Å². The monoisotopic (exact) mass is 272 g/mol. The fourth-order valence-corrected chi connectivity index (χ4v) is 2.05. The molecular weight excluding hydrogens is 248 g/mol. The van der Waals surface area contributed by atoms with E-state index in [2.05, 4.69) is 5.32 Å². The molecule has 0 saturated carbocycles. The lowest BCUT2D eigenvalue weighted by Gasteiger charge is -2.38. The van der Waals surface area contributed by atoms with Crippen molar-refractivity contribution < 1.29 is 19.4 Å². The molecule has 1 fully saturated rings. The zero-order chi connectivity index (χ0) is 14.5. The van der Waals surface area contributed by atoms with Gasteiger partial charge in [-0.3, -0.25) is 4.79 Å². The number of nitrogens with one attached hydrogen (secondary N) is 1. The molecular formula is C13H24N2O4. The number of amides is 2. The maximum absolute atomic E-state index is 12.3. The molecule has 1 aliphatic heterocycles. The second-order valence-electron chi connectivity index (χ2n) is 5.22. The number of rotatable bonds is 5. The van der Waals surface area contributed by atoms with Crippen LogP contribution >= 0.6 is 0 Å². The van der Waals surface area contributed by atoms with Crippen molar-refractivity contribution in [2.45, 2.75) is 51.6 Å². The van der Waals surface area contributed by atoms with Gasteiger partial charge in [-0.15, -0.1) is 0 Å². The predicted octanol–water partition coefficient (Wildman–Crippen LogP) is 1.45. The van der Waals surface area contributed by atoms with E-state index in [9.17, 15) is 9.59 Å². The molecule has 0 spiro atoms. The quantitative estimate of drug-likeness (QED) is 0.794. The third kappa shape index (κ3) is 4.38. The molecule has 6 heteroatoms. The molecule has 1 aliphatic rings. The Bertz CT molecular complexity index is 329. The minimum atomic E-state index is -0.915. The van der Waals surface area contributed by atoms with Gasteiger partial charge in [0.1, 0.15) is 0 Å². The number of aliphatic carboxylic acids is 1. The van der Waals surface area contributed by atoms with E-state index < -0.39 is 5.97 Å². The molecule has 19 heavy (non-hydrogen) atoms. The summed E-state index contributed by atoms with van der Waals surface area (Å²) in [6, 6.07) is -0.579. The van der Waals surface area contributed by atoms with Crippen molar-refractivity contribution in [1.82, 2.24) is 10.2 Å². The average molecular weight is 272 g/mol. The highest BCUT2D eigenvalue weighted by atomic mass is 16.5. The normalized spacial score (nSPS) is 20.2. The number of carbonyl (C=O) groups excluding carboxylic acids is 1. The third-order valence-electron chi connectivity index (χ3n) is 3.87. The molecule has 6 nitrogen and oxygen atoms in total. The first kappa shape index (κ1) is 15.8. The summed E-state index contributed by atoms with van der Waals surface area (Å²) in [5.41, 5.74) is -0.247. The van der Waals surface area contributed by atoms with Gasteiger partial charge in [0, 0.05) is 12.1 Å². The summed E-state index contributed by atoms with van der Waals surface area (Å²) in [5.74, 6) is -0.915. The Kier molecular flexibility index (Phi) is 5.60. The molecule has 0 radical (unpaired) electrons. The van der Waals surface area contributed by atoms with E-state index in [0.717, 1.165) is 12.8 Å². The number of morpholine rings is 1. The number of ether oxygens (including phenoxy) is 1. The Labute approximate surface area is 114 Å². The van der Waals surface area contributed by atoms with E-state index in [-0.39, 0.29) is 30.6 Å². The molecule has 0 aromatic carbocycles. The molecule has 2 amide bonds. The SMILES string of the molecule is CCC(C)(CC)NC(=O)N1CCOCC1CC(=O)O. The van der Waals surface area contributed by atoms with Gasteiger partial charge < -0.3 is 20.1 Å². The van der Waals surface area contributed by atoms with Gasteiger partial charge in [-0.25, -0.2) is 4.79 Å². The summed E-state index contributed by atoms with van der Waals surface area (Å²) in [5, 5.41) is 11.9. The zero-order valence-electron chi connectivity index (χ0n) is 11.9. The minimum Gasteiger partial charge on any atom is -0.481 e. The summed E-state index contributed by atoms with van der Waals surface area (Å²) >= 11 is 0. The number of carbonyl (C=O) groups is 2. The number of hydrogen-bond donors (Lipinski definition) is 2. The molecule has 110 valence electrons. The lowest BCUT2D eigenvalue weighted by molar-refractivity contribution is -0.139. The second kappa shape index (κ2) is 6.75. The Morgan fingerprint density at radius 1 is 1.42 bits per heavy atom. The first-order valence-electron chi connectivity index (χ1n) is 6.80. The molecule has 0 aromatic heterocycles. The summed E-state index contributed by atoms with van der Waals surface area (Å²) < 4.78 is 5.26. The van der Waals surface area contributed by atoms with Crippen LogP contribution in [0.1, 0.15) is 40.0 Å². The number of nitrogens with zero attached hydrogens (tertiary/aromatic N) is 1. The molecule has 1 saturated heterocycles. The van der Waals surface area contributed by atoms with Crippen LogP contribution in [0.5, 0.6) is 0 Å². The number of carboxylic acids is 1. The van der Waals surface area contributed by atoms with Gasteiger partial charge >= 0.3 is 12.0 Å². The van der Waals surface area contributed by atoms with Crippen molar-refractivity contribution in [2.75, 3.05) is 19.8 Å². The second-order valence-corrected chi connectivity index (χ2v) is 5.22. The fraction of sp³-hybridized carbons (Fsp3) is 0.846. The Morgan fingerprint density at radius 2 is 2.05 bits per heavy atom. The van der Waals surface area contributed by atoms with Crippen LogP contribution < -0.4 is 5.32 Å². The molecule has 1 heterocycles. The highest BCUT2D eigenvalue weighted by molar-refractivity contribution is 5.76. The summed E-state index contributed by atoms with van der Waals surface area (Å²) in [6.07, 6.45) is 1.59. The smallest absolute Gasteiger partial charge is 0.318 e. The van der Waals surface area contributed by atoms with Gasteiger partial charge in [0.05, 0.1) is 25.7 Å². The molecule has 1 atom stereocenters. The molecule has 2 N–H and O–H groups in total. The Balaban J connectivity index is 2.69.